The van der Waals surface area contributed by atoms with Gasteiger partial charge in [-0.05, 0) is 29.8 Å². The molecule has 1 amide bonds. The Kier molecular flexibility index (Phi) is 6.74. The molecule has 23 heavy (non-hydrogen) atoms. The molecule has 4 nitrogen and oxygen atoms in total. The number of carbonyl (C=O) groups excluding carboxylic acids is 1. The maximum atomic E-state index is 12.5. The molecule has 0 saturated carbocycles. The Hall–Kier alpha value is -1.43. The lowest BCUT2D eigenvalue weighted by molar-refractivity contribution is -0.174. The van der Waals surface area contributed by atoms with Crippen LogP contribution in [0.2, 0.25) is 18.1 Å². The fourth-order valence-electron chi connectivity index (χ4n) is 1.70. The number of hydrogen-bond acceptors (Lipinski definition) is 3. The lowest BCUT2D eigenvalue weighted by atomic mass is 10.2. The SMILES string of the molecule is CON(C)C(=O)C(/C=C/c1ccccc1)O[Si](C)(C)C(C)(C)C. The van der Waals surface area contributed by atoms with Crippen LogP contribution < -0.4 is 0 Å². The zero-order chi connectivity index (χ0) is 17.7. The standard InChI is InChI=1S/C18H29NO3Si/c1-18(2,3)23(6,7)22-16(17(20)19(4)21-5)14-13-15-11-9-8-10-12-15/h8-14,16H,1-7H3/b14-13+. The van der Waals surface area contributed by atoms with Crippen LogP contribution in [0, 0.1) is 0 Å². The van der Waals surface area contributed by atoms with Gasteiger partial charge in [0.2, 0.25) is 0 Å². The summed E-state index contributed by atoms with van der Waals surface area (Å²) in [4.78, 5) is 17.6. The van der Waals surface area contributed by atoms with Gasteiger partial charge in [0.25, 0.3) is 5.91 Å². The van der Waals surface area contributed by atoms with E-state index in [-0.39, 0.29) is 10.9 Å². The number of carbonyl (C=O) groups is 1. The number of nitrogens with zero attached hydrogens (tertiary/aromatic N) is 1. The highest BCUT2D eigenvalue weighted by molar-refractivity contribution is 6.74. The van der Waals surface area contributed by atoms with Crippen molar-refractivity contribution in [3.05, 3.63) is 42.0 Å². The van der Waals surface area contributed by atoms with E-state index in [1.807, 2.05) is 42.5 Å². The van der Waals surface area contributed by atoms with E-state index in [0.717, 1.165) is 5.56 Å². The average molecular weight is 336 g/mol. The maximum absolute atomic E-state index is 12.5. The van der Waals surface area contributed by atoms with Crippen molar-refractivity contribution in [2.75, 3.05) is 14.2 Å². The molecule has 0 spiro atoms. The van der Waals surface area contributed by atoms with Crippen LogP contribution in [0.1, 0.15) is 26.3 Å². The summed E-state index contributed by atoms with van der Waals surface area (Å²) in [6, 6.07) is 9.87. The van der Waals surface area contributed by atoms with Crippen molar-refractivity contribution in [2.45, 2.75) is 45.0 Å². The molecule has 0 bridgehead atoms. The van der Waals surface area contributed by atoms with E-state index >= 15 is 0 Å². The normalized spacial score (nSPS) is 14.0. The molecule has 0 aliphatic carbocycles. The number of hydrogen-bond donors (Lipinski definition) is 0. The number of amides is 1. The molecule has 0 aliphatic rings. The Labute approximate surface area is 141 Å². The summed E-state index contributed by atoms with van der Waals surface area (Å²) in [5, 5.41) is 1.24. The Morgan fingerprint density at radius 2 is 1.78 bits per heavy atom. The Morgan fingerprint density at radius 3 is 2.26 bits per heavy atom. The number of benzene rings is 1. The molecule has 128 valence electrons. The summed E-state index contributed by atoms with van der Waals surface area (Å²) >= 11 is 0. The van der Waals surface area contributed by atoms with E-state index in [1.165, 1.54) is 12.2 Å². The second kappa shape index (κ2) is 7.90. The van der Waals surface area contributed by atoms with Crippen molar-refractivity contribution in [3.8, 4) is 0 Å². The lowest BCUT2D eigenvalue weighted by Gasteiger charge is -2.38. The summed E-state index contributed by atoms with van der Waals surface area (Å²) in [6.45, 7) is 10.7. The van der Waals surface area contributed by atoms with Gasteiger partial charge >= 0.3 is 0 Å². The zero-order valence-corrected chi connectivity index (χ0v) is 16.3. The number of rotatable bonds is 6. The molecular formula is C18H29NO3Si. The van der Waals surface area contributed by atoms with Crippen LogP contribution in [0.15, 0.2) is 36.4 Å². The maximum Gasteiger partial charge on any atom is 0.277 e. The number of hydroxylamine groups is 2. The van der Waals surface area contributed by atoms with Gasteiger partial charge < -0.3 is 4.43 Å². The Bertz CT molecular complexity index is 535. The van der Waals surface area contributed by atoms with Gasteiger partial charge in [-0.1, -0.05) is 57.2 Å². The Balaban J connectivity index is 3.03. The topological polar surface area (TPSA) is 38.8 Å². The quantitative estimate of drug-likeness (QED) is 0.580. The monoisotopic (exact) mass is 335 g/mol. The van der Waals surface area contributed by atoms with Gasteiger partial charge in [0.1, 0.15) is 6.10 Å². The first-order valence-electron chi connectivity index (χ1n) is 7.81. The van der Waals surface area contributed by atoms with Crippen molar-refractivity contribution in [1.82, 2.24) is 5.06 Å². The lowest BCUT2D eigenvalue weighted by Crippen LogP contribution is -2.48. The highest BCUT2D eigenvalue weighted by atomic mass is 28.4. The van der Waals surface area contributed by atoms with E-state index in [2.05, 4.69) is 33.9 Å². The third-order valence-electron chi connectivity index (χ3n) is 4.32. The van der Waals surface area contributed by atoms with E-state index in [9.17, 15) is 4.79 Å². The predicted molar refractivity (Wildman–Crippen MR) is 97.3 cm³/mol. The summed E-state index contributed by atoms with van der Waals surface area (Å²) in [7, 11) is 0.990. The van der Waals surface area contributed by atoms with Crippen molar-refractivity contribution in [1.29, 1.82) is 0 Å². The molecular weight excluding hydrogens is 306 g/mol. The third-order valence-corrected chi connectivity index (χ3v) is 8.77. The van der Waals surface area contributed by atoms with E-state index in [4.69, 9.17) is 9.26 Å². The van der Waals surface area contributed by atoms with Crippen LogP contribution in [0.4, 0.5) is 0 Å². The van der Waals surface area contributed by atoms with Crippen LogP contribution in [-0.2, 0) is 14.1 Å². The molecule has 1 atom stereocenters. The molecule has 1 aromatic rings. The van der Waals surface area contributed by atoms with Crippen molar-refractivity contribution in [2.24, 2.45) is 0 Å². The first-order valence-corrected chi connectivity index (χ1v) is 10.7. The summed E-state index contributed by atoms with van der Waals surface area (Å²) in [6.07, 6.45) is 3.08. The largest absolute Gasteiger partial charge is 0.402 e. The van der Waals surface area contributed by atoms with E-state index < -0.39 is 14.4 Å². The highest BCUT2D eigenvalue weighted by Crippen LogP contribution is 2.37. The first kappa shape index (κ1) is 19.6. The molecule has 1 aromatic carbocycles. The van der Waals surface area contributed by atoms with Crippen LogP contribution in [0.3, 0.4) is 0 Å². The van der Waals surface area contributed by atoms with Gasteiger partial charge in [-0.3, -0.25) is 9.63 Å². The van der Waals surface area contributed by atoms with Crippen molar-refractivity contribution >= 4 is 20.3 Å². The van der Waals surface area contributed by atoms with E-state index in [0.29, 0.717) is 0 Å². The molecule has 0 aromatic heterocycles. The summed E-state index contributed by atoms with van der Waals surface area (Å²) < 4.78 is 6.29. The fourth-order valence-corrected chi connectivity index (χ4v) is 2.87. The predicted octanol–water partition coefficient (Wildman–Crippen LogP) is 4.11. The summed E-state index contributed by atoms with van der Waals surface area (Å²) in [5.41, 5.74) is 1.03. The van der Waals surface area contributed by atoms with Gasteiger partial charge in [0, 0.05) is 7.05 Å². The second-order valence-electron chi connectivity index (χ2n) is 7.09. The van der Waals surface area contributed by atoms with Gasteiger partial charge in [-0.15, -0.1) is 0 Å². The van der Waals surface area contributed by atoms with Gasteiger partial charge in [0.05, 0.1) is 7.11 Å². The highest BCUT2D eigenvalue weighted by Gasteiger charge is 2.40. The van der Waals surface area contributed by atoms with Gasteiger partial charge in [-0.25, -0.2) is 5.06 Å². The molecule has 5 heteroatoms. The minimum atomic E-state index is -2.08. The van der Waals surface area contributed by atoms with E-state index in [1.54, 1.807) is 7.05 Å². The zero-order valence-electron chi connectivity index (χ0n) is 15.3. The smallest absolute Gasteiger partial charge is 0.277 e. The molecule has 0 radical (unpaired) electrons. The molecule has 0 N–H and O–H groups in total. The van der Waals surface area contributed by atoms with Crippen LogP contribution in [0.25, 0.3) is 6.08 Å². The third kappa shape index (κ3) is 5.60. The van der Waals surface area contributed by atoms with Gasteiger partial charge in [0.15, 0.2) is 8.32 Å². The van der Waals surface area contributed by atoms with Crippen LogP contribution in [-0.4, -0.2) is 39.5 Å². The Morgan fingerprint density at radius 1 is 1.22 bits per heavy atom. The van der Waals surface area contributed by atoms with Crippen LogP contribution >= 0.6 is 0 Å². The minimum absolute atomic E-state index is 0.0256. The minimum Gasteiger partial charge on any atom is -0.402 e. The summed E-state index contributed by atoms with van der Waals surface area (Å²) in [5.74, 6) is -0.204. The molecule has 1 rings (SSSR count). The molecule has 0 heterocycles. The average Bonchev–Trinajstić information content (AvgIpc) is 2.49. The molecule has 0 saturated heterocycles. The van der Waals surface area contributed by atoms with Gasteiger partial charge in [-0.2, -0.15) is 0 Å². The molecule has 0 fully saturated rings. The van der Waals surface area contributed by atoms with Crippen LogP contribution in [0.5, 0.6) is 0 Å². The van der Waals surface area contributed by atoms with Crippen molar-refractivity contribution < 1.29 is 14.1 Å². The number of likely N-dealkylation sites (N-methyl/N-ethyl adjacent to an activating group) is 1. The first-order chi connectivity index (χ1) is 10.6. The second-order valence-corrected chi connectivity index (χ2v) is 11.8. The molecule has 1 unspecified atom stereocenters. The van der Waals surface area contributed by atoms with Crippen molar-refractivity contribution in [3.63, 3.8) is 0 Å². The molecule has 0 aliphatic heterocycles. The fraction of sp³-hybridized carbons (Fsp3) is 0.500.